The van der Waals surface area contributed by atoms with Gasteiger partial charge in [-0.2, -0.15) is 13.2 Å². The summed E-state index contributed by atoms with van der Waals surface area (Å²) in [6.07, 6.45) is -4.95. The van der Waals surface area contributed by atoms with E-state index in [1.807, 2.05) is 0 Å². The zero-order chi connectivity index (χ0) is 20.2. The second kappa shape index (κ2) is 6.65. The van der Waals surface area contributed by atoms with Gasteiger partial charge in [0.05, 0.1) is 16.6 Å². The predicted octanol–water partition coefficient (Wildman–Crippen LogP) is 3.48. The van der Waals surface area contributed by atoms with E-state index in [0.717, 1.165) is 6.07 Å². The van der Waals surface area contributed by atoms with Gasteiger partial charge < -0.3 is 14.2 Å². The van der Waals surface area contributed by atoms with E-state index in [9.17, 15) is 22.8 Å². The number of alkyl halides is 3. The van der Waals surface area contributed by atoms with E-state index < -0.39 is 17.8 Å². The quantitative estimate of drug-likeness (QED) is 0.694. The minimum absolute atomic E-state index is 0.0780. The van der Waals surface area contributed by atoms with Crippen molar-refractivity contribution in [3.05, 3.63) is 62.0 Å². The Morgan fingerprint density at radius 1 is 1.21 bits per heavy atom. The molecule has 0 spiro atoms. The average Bonchev–Trinajstić information content (AvgIpc) is 3.03. The summed E-state index contributed by atoms with van der Waals surface area (Å²) in [4.78, 5) is 26.7. The number of benzene rings is 1. The molecule has 28 heavy (non-hydrogen) atoms. The van der Waals surface area contributed by atoms with Crippen LogP contribution in [0.4, 0.5) is 13.2 Å². The van der Waals surface area contributed by atoms with Crippen LogP contribution in [0.25, 0.3) is 0 Å². The van der Waals surface area contributed by atoms with Crippen molar-refractivity contribution in [3.63, 3.8) is 0 Å². The molecule has 4 rings (SSSR count). The van der Waals surface area contributed by atoms with Crippen molar-refractivity contribution < 1.29 is 22.7 Å². The first kappa shape index (κ1) is 19.0. The summed E-state index contributed by atoms with van der Waals surface area (Å²) in [5, 5.41) is 0. The highest BCUT2D eigenvalue weighted by Gasteiger charge is 2.40. The number of amides is 1. The normalized spacial score (nSPS) is 21.3. The lowest BCUT2D eigenvalue weighted by Gasteiger charge is -2.36. The Morgan fingerprint density at radius 2 is 1.96 bits per heavy atom. The van der Waals surface area contributed by atoms with Gasteiger partial charge in [0.2, 0.25) is 0 Å². The average molecular weight is 457 g/mol. The summed E-state index contributed by atoms with van der Waals surface area (Å²) in [6.45, 7) is 2.26. The first-order valence-corrected chi connectivity index (χ1v) is 9.52. The maximum absolute atomic E-state index is 13.2. The van der Waals surface area contributed by atoms with Crippen LogP contribution >= 0.6 is 15.9 Å². The van der Waals surface area contributed by atoms with E-state index in [2.05, 4.69) is 15.9 Å². The molecule has 0 N–H and O–H groups in total. The highest BCUT2D eigenvalue weighted by molar-refractivity contribution is 9.10. The van der Waals surface area contributed by atoms with Gasteiger partial charge in [-0.05, 0) is 47.1 Å². The summed E-state index contributed by atoms with van der Waals surface area (Å²) in [5.74, 6) is -0.128. The van der Waals surface area contributed by atoms with Gasteiger partial charge in [-0.25, -0.2) is 0 Å². The van der Waals surface area contributed by atoms with Gasteiger partial charge >= 0.3 is 6.18 Å². The molecule has 2 aliphatic heterocycles. The van der Waals surface area contributed by atoms with Crippen molar-refractivity contribution in [1.29, 1.82) is 0 Å². The second-order valence-corrected chi connectivity index (χ2v) is 7.87. The minimum atomic E-state index is -4.45. The molecule has 0 saturated heterocycles. The summed E-state index contributed by atoms with van der Waals surface area (Å²) >= 11 is 3.17. The predicted molar refractivity (Wildman–Crippen MR) is 98.5 cm³/mol. The topological polar surface area (TPSA) is 51.5 Å². The van der Waals surface area contributed by atoms with Gasteiger partial charge in [0.25, 0.3) is 11.5 Å². The Hall–Kier alpha value is -2.29. The number of nitrogens with zero attached hydrogens (tertiary/aromatic N) is 2. The Balaban J connectivity index is 1.58. The van der Waals surface area contributed by atoms with Crippen molar-refractivity contribution in [1.82, 2.24) is 9.47 Å². The van der Waals surface area contributed by atoms with E-state index in [0.29, 0.717) is 11.0 Å². The van der Waals surface area contributed by atoms with Gasteiger partial charge in [0.1, 0.15) is 17.5 Å². The van der Waals surface area contributed by atoms with Gasteiger partial charge in [-0.15, -0.1) is 0 Å². The molecular weight excluding hydrogens is 441 g/mol. The summed E-state index contributed by atoms with van der Waals surface area (Å²) in [7, 11) is 0. The van der Waals surface area contributed by atoms with Crippen LogP contribution in [0.2, 0.25) is 0 Å². The fourth-order valence-corrected chi connectivity index (χ4v) is 4.16. The number of hydrogen-bond acceptors (Lipinski definition) is 3. The van der Waals surface area contributed by atoms with Crippen molar-refractivity contribution in [2.75, 3.05) is 6.54 Å². The molecule has 0 saturated carbocycles. The highest BCUT2D eigenvalue weighted by Crippen LogP contribution is 2.40. The number of hydrogen-bond donors (Lipinski definition) is 0. The van der Waals surface area contributed by atoms with Crippen LogP contribution in [0.5, 0.6) is 5.75 Å². The molecule has 1 amide bonds. The lowest BCUT2D eigenvalue weighted by Crippen LogP contribution is -2.52. The molecule has 1 aromatic carbocycles. The van der Waals surface area contributed by atoms with Crippen LogP contribution in [0.1, 0.15) is 28.5 Å². The molecule has 9 heteroatoms. The lowest BCUT2D eigenvalue weighted by molar-refractivity contribution is -0.138. The van der Waals surface area contributed by atoms with Gasteiger partial charge in [0.15, 0.2) is 0 Å². The van der Waals surface area contributed by atoms with Crippen LogP contribution in [0, 0.1) is 0 Å². The van der Waals surface area contributed by atoms with Crippen molar-refractivity contribution in [2.45, 2.75) is 38.2 Å². The number of carbonyl (C=O) groups is 1. The molecular formula is C19H16BrF3N2O3. The molecule has 1 aromatic heterocycles. The monoisotopic (exact) mass is 456 g/mol. The van der Waals surface area contributed by atoms with Crippen molar-refractivity contribution in [2.24, 2.45) is 0 Å². The van der Waals surface area contributed by atoms with Crippen molar-refractivity contribution >= 4 is 21.8 Å². The molecule has 5 nitrogen and oxygen atoms in total. The molecule has 2 aromatic rings. The zero-order valence-corrected chi connectivity index (χ0v) is 16.4. The minimum Gasteiger partial charge on any atom is -0.488 e. The molecule has 2 atom stereocenters. The Kier molecular flexibility index (Phi) is 4.52. The second-order valence-electron chi connectivity index (χ2n) is 7.01. The van der Waals surface area contributed by atoms with E-state index in [1.165, 1.54) is 22.8 Å². The van der Waals surface area contributed by atoms with Crippen LogP contribution in [-0.4, -0.2) is 34.1 Å². The standard InChI is InChI=1S/C19H16BrF3N2O3/c1-10-8-25-15(6-5-14(20)17(25)26)18(27)24(10)9-11-7-12-13(19(21,22)23)3-2-4-16(12)28-11/h2-6,10-11H,7-9H2,1H3. The Morgan fingerprint density at radius 3 is 2.68 bits per heavy atom. The highest BCUT2D eigenvalue weighted by atomic mass is 79.9. The Labute approximate surface area is 166 Å². The summed E-state index contributed by atoms with van der Waals surface area (Å²) in [6, 6.07) is 6.68. The summed E-state index contributed by atoms with van der Waals surface area (Å²) in [5.41, 5.74) is -0.598. The Bertz CT molecular complexity index is 1020. The molecule has 0 bridgehead atoms. The number of rotatable bonds is 2. The van der Waals surface area contributed by atoms with E-state index in [1.54, 1.807) is 17.9 Å². The fraction of sp³-hybridized carbons (Fsp3) is 0.368. The van der Waals surface area contributed by atoms with E-state index in [4.69, 9.17) is 4.74 Å². The smallest absolute Gasteiger partial charge is 0.416 e. The largest absolute Gasteiger partial charge is 0.488 e. The number of pyridine rings is 1. The maximum atomic E-state index is 13.2. The molecule has 2 aliphatic rings. The van der Waals surface area contributed by atoms with Gasteiger partial charge in [-0.1, -0.05) is 6.07 Å². The molecule has 148 valence electrons. The number of halogens is 4. The van der Waals surface area contributed by atoms with Gasteiger partial charge in [-0.3, -0.25) is 9.59 Å². The van der Waals surface area contributed by atoms with E-state index in [-0.39, 0.29) is 47.5 Å². The number of fused-ring (bicyclic) bond motifs is 2. The van der Waals surface area contributed by atoms with Crippen LogP contribution in [-0.2, 0) is 19.1 Å². The molecule has 2 unspecified atom stereocenters. The number of aromatic nitrogens is 1. The van der Waals surface area contributed by atoms with E-state index >= 15 is 0 Å². The molecule has 0 radical (unpaired) electrons. The van der Waals surface area contributed by atoms with Gasteiger partial charge in [0, 0.05) is 24.6 Å². The first-order valence-electron chi connectivity index (χ1n) is 8.73. The number of carbonyl (C=O) groups excluding carboxylic acids is 1. The van der Waals surface area contributed by atoms with Crippen LogP contribution in [0.15, 0.2) is 39.6 Å². The zero-order valence-electron chi connectivity index (χ0n) is 14.8. The third kappa shape index (κ3) is 3.11. The fourth-order valence-electron chi connectivity index (χ4n) is 3.81. The third-order valence-corrected chi connectivity index (χ3v) is 5.75. The maximum Gasteiger partial charge on any atom is 0.416 e. The molecule has 0 fully saturated rings. The number of ether oxygens (including phenoxy) is 1. The molecule has 3 heterocycles. The SMILES string of the molecule is CC1Cn2c(ccc(Br)c2=O)C(=O)N1CC1Cc2c(cccc2C(F)(F)F)O1. The van der Waals surface area contributed by atoms with Crippen LogP contribution < -0.4 is 10.3 Å². The summed E-state index contributed by atoms with van der Waals surface area (Å²) < 4.78 is 47.2. The third-order valence-electron chi connectivity index (χ3n) is 5.15. The first-order chi connectivity index (χ1) is 13.2. The lowest BCUT2D eigenvalue weighted by atomic mass is 10.0. The van der Waals surface area contributed by atoms with Crippen LogP contribution in [0.3, 0.4) is 0 Å². The van der Waals surface area contributed by atoms with Crippen molar-refractivity contribution in [3.8, 4) is 5.75 Å². The molecule has 0 aliphatic carbocycles.